The summed E-state index contributed by atoms with van der Waals surface area (Å²) >= 11 is 0. The summed E-state index contributed by atoms with van der Waals surface area (Å²) in [6.07, 6.45) is 5.84. The number of nitrogens with zero attached hydrogens (tertiary/aromatic N) is 1. The highest BCUT2D eigenvalue weighted by atomic mass is 15.3. The van der Waals surface area contributed by atoms with Crippen LogP contribution < -0.4 is 0 Å². The quantitative estimate of drug-likeness (QED) is 0.653. The van der Waals surface area contributed by atoms with E-state index >= 15 is 0 Å². The molecular weight excluding hydrogens is 170 g/mol. The van der Waals surface area contributed by atoms with Crippen molar-refractivity contribution in [1.29, 1.82) is 0 Å². The van der Waals surface area contributed by atoms with Crippen molar-refractivity contribution in [2.24, 2.45) is 11.8 Å². The number of piperidine rings is 1. The van der Waals surface area contributed by atoms with E-state index in [2.05, 4.69) is 32.6 Å². The van der Waals surface area contributed by atoms with Gasteiger partial charge in [0.25, 0.3) is 0 Å². The van der Waals surface area contributed by atoms with E-state index in [1.807, 2.05) is 0 Å². The Morgan fingerprint density at radius 2 is 1.79 bits per heavy atom. The first-order valence-corrected chi connectivity index (χ1v) is 6.32. The highest BCUT2D eigenvalue weighted by molar-refractivity contribution is 5.08. The lowest BCUT2D eigenvalue weighted by molar-refractivity contribution is 0.0504. The van der Waals surface area contributed by atoms with Crippen molar-refractivity contribution in [1.82, 2.24) is 4.90 Å². The molecule has 0 N–H and O–H groups in total. The minimum absolute atomic E-state index is 0.654. The molecule has 1 heteroatoms. The molecule has 1 saturated carbocycles. The SMILES string of the molecule is CC(C)[C@H]1CCN(C(C)C)C2(CC2)C1. The molecule has 0 unspecified atom stereocenters. The molecule has 2 aliphatic rings. The van der Waals surface area contributed by atoms with Crippen LogP contribution in [0.5, 0.6) is 0 Å². The van der Waals surface area contributed by atoms with Gasteiger partial charge in [0.05, 0.1) is 0 Å². The molecule has 2 fully saturated rings. The maximum Gasteiger partial charge on any atom is 0.0216 e. The van der Waals surface area contributed by atoms with Crippen molar-refractivity contribution in [2.45, 2.75) is 65.0 Å². The Labute approximate surface area is 88.9 Å². The van der Waals surface area contributed by atoms with Crippen LogP contribution in [0.1, 0.15) is 53.4 Å². The van der Waals surface area contributed by atoms with Crippen LogP contribution in [-0.4, -0.2) is 23.0 Å². The second-order valence-electron chi connectivity index (χ2n) is 6.01. The van der Waals surface area contributed by atoms with E-state index in [0.717, 1.165) is 17.9 Å². The third kappa shape index (κ3) is 1.71. The van der Waals surface area contributed by atoms with E-state index in [0.29, 0.717) is 5.54 Å². The molecular formula is C13H25N. The standard InChI is InChI=1S/C13H25N/c1-10(2)12-5-8-14(11(3)4)13(9-12)6-7-13/h10-12H,5-9H2,1-4H3/t12-/m0/s1. The lowest BCUT2D eigenvalue weighted by Crippen LogP contribution is -2.48. The van der Waals surface area contributed by atoms with Crippen LogP contribution in [0.4, 0.5) is 0 Å². The van der Waals surface area contributed by atoms with Crippen LogP contribution in [0.15, 0.2) is 0 Å². The fraction of sp³-hybridized carbons (Fsp3) is 1.00. The molecule has 0 radical (unpaired) electrons. The fourth-order valence-corrected chi connectivity index (χ4v) is 3.26. The van der Waals surface area contributed by atoms with Crippen LogP contribution in [0.25, 0.3) is 0 Å². The number of rotatable bonds is 2. The van der Waals surface area contributed by atoms with Crippen molar-refractivity contribution < 1.29 is 0 Å². The third-order valence-electron chi connectivity index (χ3n) is 4.39. The van der Waals surface area contributed by atoms with Crippen molar-refractivity contribution in [3.63, 3.8) is 0 Å². The largest absolute Gasteiger partial charge is 0.295 e. The highest BCUT2D eigenvalue weighted by Crippen LogP contribution is 2.51. The molecule has 14 heavy (non-hydrogen) atoms. The van der Waals surface area contributed by atoms with Crippen LogP contribution in [0, 0.1) is 11.8 Å². The molecule has 0 aromatic carbocycles. The van der Waals surface area contributed by atoms with Crippen LogP contribution >= 0.6 is 0 Å². The highest BCUT2D eigenvalue weighted by Gasteiger charge is 2.52. The van der Waals surface area contributed by atoms with Crippen LogP contribution in [0.2, 0.25) is 0 Å². The maximum absolute atomic E-state index is 2.77. The molecule has 0 bridgehead atoms. The van der Waals surface area contributed by atoms with Crippen molar-refractivity contribution >= 4 is 0 Å². The number of hydrogen-bond donors (Lipinski definition) is 0. The summed E-state index contributed by atoms with van der Waals surface area (Å²) in [6, 6.07) is 0.755. The minimum atomic E-state index is 0.654. The zero-order valence-corrected chi connectivity index (χ0v) is 10.2. The molecule has 1 spiro atoms. The summed E-state index contributed by atoms with van der Waals surface area (Å²) < 4.78 is 0. The van der Waals surface area contributed by atoms with E-state index in [1.165, 1.54) is 32.2 Å². The second-order valence-corrected chi connectivity index (χ2v) is 6.01. The predicted molar refractivity (Wildman–Crippen MR) is 61.4 cm³/mol. The monoisotopic (exact) mass is 195 g/mol. The zero-order chi connectivity index (χ0) is 10.3. The van der Waals surface area contributed by atoms with Gasteiger partial charge in [-0.1, -0.05) is 13.8 Å². The summed E-state index contributed by atoms with van der Waals surface area (Å²) in [5, 5.41) is 0. The van der Waals surface area contributed by atoms with Gasteiger partial charge < -0.3 is 0 Å². The average molecular weight is 195 g/mol. The molecule has 1 nitrogen and oxygen atoms in total. The topological polar surface area (TPSA) is 3.24 Å². The summed E-state index contributed by atoms with van der Waals surface area (Å²) in [6.45, 7) is 10.9. The Hall–Kier alpha value is -0.0400. The Morgan fingerprint density at radius 3 is 2.21 bits per heavy atom. The molecule has 0 aromatic rings. The van der Waals surface area contributed by atoms with Gasteiger partial charge in [-0.15, -0.1) is 0 Å². The number of hydrogen-bond acceptors (Lipinski definition) is 1. The van der Waals surface area contributed by atoms with Gasteiger partial charge in [0, 0.05) is 11.6 Å². The molecule has 1 heterocycles. The molecule has 82 valence electrons. The van der Waals surface area contributed by atoms with E-state index in [9.17, 15) is 0 Å². The van der Waals surface area contributed by atoms with Gasteiger partial charge in [-0.05, 0) is 57.9 Å². The number of likely N-dealkylation sites (tertiary alicyclic amines) is 1. The van der Waals surface area contributed by atoms with Crippen LogP contribution in [0.3, 0.4) is 0 Å². The van der Waals surface area contributed by atoms with E-state index in [4.69, 9.17) is 0 Å². The first kappa shape index (κ1) is 10.5. The Kier molecular flexibility index (Phi) is 2.63. The van der Waals surface area contributed by atoms with Gasteiger partial charge in [-0.2, -0.15) is 0 Å². The lowest BCUT2D eigenvalue weighted by Gasteiger charge is -2.44. The molecule has 1 aliphatic heterocycles. The Morgan fingerprint density at radius 1 is 1.14 bits per heavy atom. The van der Waals surface area contributed by atoms with Crippen LogP contribution in [-0.2, 0) is 0 Å². The molecule has 1 atom stereocenters. The molecule has 1 aliphatic carbocycles. The Balaban J connectivity index is 2.02. The summed E-state index contributed by atoms with van der Waals surface area (Å²) in [5.41, 5.74) is 0.654. The summed E-state index contributed by atoms with van der Waals surface area (Å²) in [7, 11) is 0. The summed E-state index contributed by atoms with van der Waals surface area (Å²) in [5.74, 6) is 1.88. The first-order valence-electron chi connectivity index (χ1n) is 6.32. The van der Waals surface area contributed by atoms with Gasteiger partial charge in [0.2, 0.25) is 0 Å². The van der Waals surface area contributed by atoms with Crippen molar-refractivity contribution in [3.8, 4) is 0 Å². The fourth-order valence-electron chi connectivity index (χ4n) is 3.26. The average Bonchev–Trinajstić information content (AvgIpc) is 2.84. The van der Waals surface area contributed by atoms with Crippen molar-refractivity contribution in [2.75, 3.05) is 6.54 Å². The van der Waals surface area contributed by atoms with Gasteiger partial charge in [-0.3, -0.25) is 4.90 Å². The zero-order valence-electron chi connectivity index (χ0n) is 10.2. The molecule has 0 aromatic heterocycles. The van der Waals surface area contributed by atoms with Gasteiger partial charge in [0.15, 0.2) is 0 Å². The lowest BCUT2D eigenvalue weighted by atomic mass is 9.81. The van der Waals surface area contributed by atoms with Crippen molar-refractivity contribution in [3.05, 3.63) is 0 Å². The minimum Gasteiger partial charge on any atom is -0.295 e. The predicted octanol–water partition coefficient (Wildman–Crippen LogP) is 3.30. The first-order chi connectivity index (χ1) is 6.55. The molecule has 0 amide bonds. The maximum atomic E-state index is 2.77. The van der Waals surface area contributed by atoms with E-state index in [-0.39, 0.29) is 0 Å². The van der Waals surface area contributed by atoms with E-state index < -0.39 is 0 Å². The molecule has 1 saturated heterocycles. The van der Waals surface area contributed by atoms with Gasteiger partial charge in [0.1, 0.15) is 0 Å². The van der Waals surface area contributed by atoms with E-state index in [1.54, 1.807) is 0 Å². The Bertz CT molecular complexity index is 203. The summed E-state index contributed by atoms with van der Waals surface area (Å²) in [4.78, 5) is 2.77. The van der Waals surface area contributed by atoms with Gasteiger partial charge in [-0.25, -0.2) is 0 Å². The second kappa shape index (κ2) is 3.52. The smallest absolute Gasteiger partial charge is 0.0216 e. The molecule has 2 rings (SSSR count). The van der Waals surface area contributed by atoms with Gasteiger partial charge >= 0.3 is 0 Å². The third-order valence-corrected chi connectivity index (χ3v) is 4.39. The normalized spacial score (nSPS) is 31.7.